The summed E-state index contributed by atoms with van der Waals surface area (Å²) < 4.78 is 27.9. The van der Waals surface area contributed by atoms with E-state index >= 15 is 0 Å². The molecule has 1 saturated carbocycles. The topological polar surface area (TPSA) is 78.0 Å². The summed E-state index contributed by atoms with van der Waals surface area (Å²) in [7, 11) is -3.56. The molecule has 31 heavy (non-hydrogen) atoms. The third-order valence-corrected chi connectivity index (χ3v) is 9.15. The number of fused-ring (bicyclic) bond motifs is 1. The Labute approximate surface area is 184 Å². The second-order valence-corrected chi connectivity index (χ2v) is 11.3. The number of benzene rings is 1. The number of aryl methyl sites for hydroxylation is 2. The number of piperazine rings is 1. The Kier molecular flexibility index (Phi) is 5.54. The van der Waals surface area contributed by atoms with E-state index in [1.165, 1.54) is 16.3 Å². The predicted molar refractivity (Wildman–Crippen MR) is 116 cm³/mol. The minimum absolute atomic E-state index is 0.0164. The van der Waals surface area contributed by atoms with E-state index in [0.717, 1.165) is 44.1 Å². The summed E-state index contributed by atoms with van der Waals surface area (Å²) in [6.45, 7) is 2.03. The zero-order valence-electron chi connectivity index (χ0n) is 18.0. The zero-order chi connectivity index (χ0) is 21.6. The van der Waals surface area contributed by atoms with Crippen molar-refractivity contribution in [1.29, 1.82) is 0 Å². The normalized spacial score (nSPS) is 24.8. The second kappa shape index (κ2) is 8.20. The van der Waals surface area contributed by atoms with Crippen LogP contribution in [0.2, 0.25) is 0 Å². The summed E-state index contributed by atoms with van der Waals surface area (Å²) in [5.41, 5.74) is 2.42. The number of hydrogen-bond donors (Lipinski definition) is 0. The minimum Gasteiger partial charge on any atom is -0.338 e. The highest BCUT2D eigenvalue weighted by Crippen LogP contribution is 2.34. The average Bonchev–Trinajstić information content (AvgIpc) is 3.54. The van der Waals surface area contributed by atoms with Crippen LogP contribution in [-0.2, 0) is 32.5 Å². The molecule has 2 amide bonds. The fourth-order valence-corrected chi connectivity index (χ4v) is 6.70. The van der Waals surface area contributed by atoms with Crippen molar-refractivity contribution in [3.05, 3.63) is 29.3 Å². The largest absolute Gasteiger partial charge is 0.338 e. The fourth-order valence-electron chi connectivity index (χ4n) is 5.23. The predicted octanol–water partition coefficient (Wildman–Crippen LogP) is 1.80. The first-order valence-electron chi connectivity index (χ1n) is 11.7. The van der Waals surface area contributed by atoms with Gasteiger partial charge in [0, 0.05) is 38.6 Å². The third-order valence-electron chi connectivity index (χ3n) is 7.26. The van der Waals surface area contributed by atoms with Gasteiger partial charge in [0.05, 0.1) is 4.90 Å². The Morgan fingerprint density at radius 2 is 1.52 bits per heavy atom. The van der Waals surface area contributed by atoms with E-state index in [1.54, 1.807) is 15.9 Å². The van der Waals surface area contributed by atoms with Gasteiger partial charge in [-0.25, -0.2) is 8.42 Å². The van der Waals surface area contributed by atoms with Crippen LogP contribution in [0.3, 0.4) is 0 Å². The van der Waals surface area contributed by atoms with Crippen LogP contribution < -0.4 is 0 Å². The monoisotopic (exact) mass is 445 g/mol. The molecule has 4 aliphatic rings. The van der Waals surface area contributed by atoms with Crippen molar-refractivity contribution in [1.82, 2.24) is 14.1 Å². The van der Waals surface area contributed by atoms with Crippen LogP contribution in [-0.4, -0.2) is 73.1 Å². The first-order chi connectivity index (χ1) is 14.9. The van der Waals surface area contributed by atoms with Crippen LogP contribution in [0.15, 0.2) is 23.1 Å². The van der Waals surface area contributed by atoms with Crippen molar-refractivity contribution in [2.24, 2.45) is 5.92 Å². The van der Waals surface area contributed by atoms with Crippen LogP contribution in [0.4, 0.5) is 0 Å². The van der Waals surface area contributed by atoms with E-state index in [0.29, 0.717) is 44.0 Å². The lowest BCUT2D eigenvalue weighted by molar-refractivity contribution is -0.145. The van der Waals surface area contributed by atoms with Gasteiger partial charge in [-0.3, -0.25) is 9.59 Å². The smallest absolute Gasteiger partial charge is 0.245 e. The fraction of sp³-hybridized carbons (Fsp3) is 0.652. The van der Waals surface area contributed by atoms with Crippen LogP contribution in [0.25, 0.3) is 0 Å². The number of nitrogens with zero attached hydrogens (tertiary/aromatic N) is 3. The molecule has 8 heteroatoms. The molecular formula is C23H31N3O4S. The molecular weight excluding hydrogens is 414 g/mol. The van der Waals surface area contributed by atoms with Gasteiger partial charge in [0.25, 0.3) is 0 Å². The summed E-state index contributed by atoms with van der Waals surface area (Å²) >= 11 is 0. The summed E-state index contributed by atoms with van der Waals surface area (Å²) in [6, 6.07) is 5.18. The van der Waals surface area contributed by atoms with Crippen molar-refractivity contribution in [2.75, 3.05) is 32.7 Å². The van der Waals surface area contributed by atoms with Crippen LogP contribution in [0.1, 0.15) is 49.7 Å². The zero-order valence-corrected chi connectivity index (χ0v) is 18.8. The van der Waals surface area contributed by atoms with Crippen LogP contribution >= 0.6 is 0 Å². The molecule has 1 aromatic rings. The molecule has 7 nitrogen and oxygen atoms in total. The van der Waals surface area contributed by atoms with Gasteiger partial charge in [-0.15, -0.1) is 0 Å². The summed E-state index contributed by atoms with van der Waals surface area (Å²) in [5.74, 6) is 0.230. The van der Waals surface area contributed by atoms with Gasteiger partial charge in [-0.05, 0) is 74.6 Å². The maximum Gasteiger partial charge on any atom is 0.245 e. The minimum atomic E-state index is -3.56. The highest BCUT2D eigenvalue weighted by molar-refractivity contribution is 7.89. The Morgan fingerprint density at radius 1 is 0.806 bits per heavy atom. The summed E-state index contributed by atoms with van der Waals surface area (Å²) in [4.78, 5) is 29.5. The highest BCUT2D eigenvalue weighted by Gasteiger charge is 2.43. The number of carbonyl (C=O) groups is 2. The lowest BCUT2D eigenvalue weighted by Gasteiger charge is -2.37. The molecule has 0 bridgehead atoms. The van der Waals surface area contributed by atoms with Crippen molar-refractivity contribution >= 4 is 21.8 Å². The van der Waals surface area contributed by atoms with Gasteiger partial charge in [0.1, 0.15) is 6.04 Å². The van der Waals surface area contributed by atoms with E-state index in [4.69, 9.17) is 0 Å². The molecule has 1 aromatic carbocycles. The molecule has 168 valence electrons. The van der Waals surface area contributed by atoms with Gasteiger partial charge in [-0.2, -0.15) is 4.31 Å². The molecule has 0 radical (unpaired) electrons. The van der Waals surface area contributed by atoms with Crippen molar-refractivity contribution < 1.29 is 18.0 Å². The third kappa shape index (κ3) is 4.00. The molecule has 3 fully saturated rings. The Morgan fingerprint density at radius 3 is 2.23 bits per heavy atom. The molecule has 0 N–H and O–H groups in total. The van der Waals surface area contributed by atoms with Gasteiger partial charge in [-0.1, -0.05) is 6.07 Å². The summed E-state index contributed by atoms with van der Waals surface area (Å²) in [6.07, 6.45) is 7.70. The second-order valence-electron chi connectivity index (χ2n) is 9.33. The number of carbonyl (C=O) groups excluding carboxylic acids is 2. The number of likely N-dealkylation sites (tertiary alicyclic amines) is 1. The number of rotatable bonds is 4. The lowest BCUT2D eigenvalue weighted by atomic mass is 9.92. The van der Waals surface area contributed by atoms with Crippen LogP contribution in [0, 0.1) is 5.92 Å². The standard InChI is InChI=1S/C23H31N3O4S/c27-22(18-7-8-18)26-11-3-6-21(26)23(28)24-12-14-25(15-13-24)31(29,30)20-10-9-17-4-1-2-5-19(17)16-20/h9-10,16,18,21H,1-8,11-15H2. The summed E-state index contributed by atoms with van der Waals surface area (Å²) in [5, 5.41) is 0. The van der Waals surface area contributed by atoms with Gasteiger partial charge >= 0.3 is 0 Å². The van der Waals surface area contributed by atoms with Crippen LogP contribution in [0.5, 0.6) is 0 Å². The first kappa shape index (κ1) is 20.9. The molecule has 1 atom stereocenters. The van der Waals surface area contributed by atoms with E-state index < -0.39 is 10.0 Å². The SMILES string of the molecule is O=C(C1CCCN1C(=O)C1CC1)N1CCN(S(=O)(=O)c2ccc3c(c2)CCCC3)CC1. The quantitative estimate of drug-likeness (QED) is 0.708. The van der Waals surface area contributed by atoms with E-state index in [9.17, 15) is 18.0 Å². The molecule has 2 heterocycles. The Balaban J connectivity index is 1.23. The lowest BCUT2D eigenvalue weighted by Crippen LogP contribution is -2.55. The molecule has 0 spiro atoms. The number of sulfonamides is 1. The maximum atomic E-state index is 13.2. The van der Waals surface area contributed by atoms with E-state index in [-0.39, 0.29) is 23.8 Å². The number of amides is 2. The molecule has 5 rings (SSSR count). The molecule has 2 aliphatic heterocycles. The van der Waals surface area contributed by atoms with Gasteiger partial charge in [0.15, 0.2) is 0 Å². The Hall–Kier alpha value is -1.93. The molecule has 1 unspecified atom stereocenters. The molecule has 2 aliphatic carbocycles. The molecule has 0 aromatic heterocycles. The highest BCUT2D eigenvalue weighted by atomic mass is 32.2. The maximum absolute atomic E-state index is 13.2. The Bertz CT molecular complexity index is 981. The van der Waals surface area contributed by atoms with E-state index in [2.05, 4.69) is 0 Å². The van der Waals surface area contributed by atoms with Gasteiger partial charge in [0.2, 0.25) is 21.8 Å². The van der Waals surface area contributed by atoms with Crippen molar-refractivity contribution in [2.45, 2.75) is 62.3 Å². The van der Waals surface area contributed by atoms with Crippen molar-refractivity contribution in [3.8, 4) is 0 Å². The van der Waals surface area contributed by atoms with E-state index in [1.807, 2.05) is 12.1 Å². The average molecular weight is 446 g/mol. The first-order valence-corrected chi connectivity index (χ1v) is 13.1. The molecule has 2 saturated heterocycles. The number of hydrogen-bond acceptors (Lipinski definition) is 4. The van der Waals surface area contributed by atoms with Gasteiger partial charge < -0.3 is 9.80 Å². The van der Waals surface area contributed by atoms with Crippen molar-refractivity contribution in [3.63, 3.8) is 0 Å².